The van der Waals surface area contributed by atoms with Crippen molar-refractivity contribution >= 4 is 43.6 Å². The number of benzene rings is 9. The van der Waals surface area contributed by atoms with E-state index >= 15 is 0 Å². The summed E-state index contributed by atoms with van der Waals surface area (Å²) in [7, 11) is 0. The Bertz CT molecular complexity index is 3280. The Morgan fingerprint density at radius 1 is 0.316 bits per heavy atom. The molecule has 0 spiro atoms. The zero-order chi connectivity index (χ0) is 37.5. The van der Waals surface area contributed by atoms with Crippen LogP contribution < -0.4 is 0 Å². The number of nitrogens with zero attached hydrogens (tertiary/aromatic N) is 2. The van der Waals surface area contributed by atoms with Crippen LogP contribution in [0.3, 0.4) is 0 Å². The number of rotatable bonds is 5. The monoisotopic (exact) mass is 724 g/mol. The molecule has 11 aromatic rings. The summed E-state index contributed by atoms with van der Waals surface area (Å²) in [5, 5.41) is 5.03. The lowest BCUT2D eigenvalue weighted by atomic mass is 9.67. The molecule has 2 aromatic heterocycles. The van der Waals surface area contributed by atoms with Crippen molar-refractivity contribution in [2.24, 2.45) is 0 Å². The second-order valence-corrected chi connectivity index (χ2v) is 15.2. The highest BCUT2D eigenvalue weighted by atomic mass is 15.0. The molecule has 0 unspecified atom stereocenters. The molecular formula is C55H36N2. The minimum absolute atomic E-state index is 0.483. The van der Waals surface area contributed by atoms with Crippen LogP contribution in [0.5, 0.6) is 0 Å². The van der Waals surface area contributed by atoms with Crippen molar-refractivity contribution in [1.29, 1.82) is 0 Å². The van der Waals surface area contributed by atoms with Gasteiger partial charge >= 0.3 is 0 Å². The summed E-state index contributed by atoms with van der Waals surface area (Å²) < 4.78 is 4.91. The molecule has 1 aliphatic rings. The van der Waals surface area contributed by atoms with E-state index in [0.717, 1.165) is 11.4 Å². The minimum Gasteiger partial charge on any atom is -0.309 e. The first kappa shape index (κ1) is 31.9. The van der Waals surface area contributed by atoms with E-state index in [1.807, 2.05) is 0 Å². The Morgan fingerprint density at radius 3 is 1.65 bits per heavy atom. The standard InChI is InChI=1S/C55H36N2/c1-5-17-37(18-6-1)38-29-33-50-46(35-38)54-51(57(50)42-30-31-44-43-25-14-16-28-49(43)56(52(44)36-42)41-23-11-4-12-24-41)34-32-48-53(54)45-26-13-15-27-47(45)55(48,39-19-7-2-8-20-39)40-21-9-3-10-22-40/h1-36H. The third-order valence-electron chi connectivity index (χ3n) is 12.4. The van der Waals surface area contributed by atoms with E-state index in [1.165, 1.54) is 88.1 Å². The highest BCUT2D eigenvalue weighted by Crippen LogP contribution is 2.59. The van der Waals surface area contributed by atoms with Gasteiger partial charge in [0, 0.05) is 32.9 Å². The molecule has 9 aromatic carbocycles. The molecule has 0 amide bonds. The van der Waals surface area contributed by atoms with Gasteiger partial charge in [-0.3, -0.25) is 0 Å². The fraction of sp³-hybridized carbons (Fsp3) is 0.0182. The largest absolute Gasteiger partial charge is 0.309 e. The lowest BCUT2D eigenvalue weighted by molar-refractivity contribution is 0.769. The summed E-state index contributed by atoms with van der Waals surface area (Å²) in [5.74, 6) is 0. The minimum atomic E-state index is -0.483. The first-order chi connectivity index (χ1) is 28.3. The Morgan fingerprint density at radius 2 is 0.895 bits per heavy atom. The number of aromatic nitrogens is 2. The molecule has 0 bridgehead atoms. The van der Waals surface area contributed by atoms with E-state index < -0.39 is 5.41 Å². The number of hydrogen-bond acceptors (Lipinski definition) is 0. The van der Waals surface area contributed by atoms with E-state index in [0.29, 0.717) is 0 Å². The maximum atomic E-state index is 2.50. The van der Waals surface area contributed by atoms with Gasteiger partial charge in [0.1, 0.15) is 0 Å². The van der Waals surface area contributed by atoms with Crippen LogP contribution in [0.1, 0.15) is 22.3 Å². The van der Waals surface area contributed by atoms with Gasteiger partial charge in [-0.05, 0) is 93.0 Å². The molecule has 2 nitrogen and oxygen atoms in total. The molecule has 0 aliphatic heterocycles. The van der Waals surface area contributed by atoms with E-state index in [1.54, 1.807) is 0 Å². The van der Waals surface area contributed by atoms with E-state index in [2.05, 4.69) is 228 Å². The van der Waals surface area contributed by atoms with Gasteiger partial charge in [0.15, 0.2) is 0 Å². The fourth-order valence-corrected chi connectivity index (χ4v) is 10.1. The normalized spacial score (nSPS) is 13.1. The molecule has 0 fully saturated rings. The molecule has 1 aliphatic carbocycles. The molecule has 2 heteroatoms. The molecule has 0 atom stereocenters. The fourth-order valence-electron chi connectivity index (χ4n) is 10.1. The van der Waals surface area contributed by atoms with Crippen LogP contribution >= 0.6 is 0 Å². The maximum Gasteiger partial charge on any atom is 0.0713 e. The van der Waals surface area contributed by atoms with Crippen molar-refractivity contribution < 1.29 is 0 Å². The lowest BCUT2D eigenvalue weighted by Crippen LogP contribution is -2.28. The van der Waals surface area contributed by atoms with Gasteiger partial charge < -0.3 is 9.13 Å². The van der Waals surface area contributed by atoms with Crippen LogP contribution in [-0.4, -0.2) is 9.13 Å². The van der Waals surface area contributed by atoms with Gasteiger partial charge in [-0.2, -0.15) is 0 Å². The lowest BCUT2D eigenvalue weighted by Gasteiger charge is -2.33. The Hall–Kier alpha value is -7.42. The Labute approximate surface area is 331 Å². The molecule has 266 valence electrons. The van der Waals surface area contributed by atoms with Gasteiger partial charge in [0.2, 0.25) is 0 Å². The Balaban J connectivity index is 1.22. The van der Waals surface area contributed by atoms with Crippen molar-refractivity contribution in [2.45, 2.75) is 5.41 Å². The SMILES string of the molecule is c1ccc(-c2ccc3c(c2)c2c4c(ccc2n3-c2ccc3c5ccccc5n(-c5ccccc5)c3c2)C(c2ccccc2)(c2ccccc2)c2ccccc2-4)cc1. The topological polar surface area (TPSA) is 9.86 Å². The van der Waals surface area contributed by atoms with Crippen molar-refractivity contribution in [3.8, 4) is 33.6 Å². The molecule has 2 heterocycles. The molecule has 0 N–H and O–H groups in total. The van der Waals surface area contributed by atoms with Crippen LogP contribution in [0.25, 0.3) is 77.2 Å². The number of para-hydroxylation sites is 2. The average molecular weight is 725 g/mol. The molecule has 0 saturated heterocycles. The van der Waals surface area contributed by atoms with Crippen LogP contribution in [0.4, 0.5) is 0 Å². The average Bonchev–Trinajstić information content (AvgIpc) is 3.91. The number of fused-ring (bicyclic) bond motifs is 10. The first-order valence-electron chi connectivity index (χ1n) is 19.8. The summed E-state index contributed by atoms with van der Waals surface area (Å²) in [6.45, 7) is 0. The van der Waals surface area contributed by atoms with Crippen LogP contribution in [-0.2, 0) is 5.41 Å². The summed E-state index contributed by atoms with van der Waals surface area (Å²) in [5.41, 5.74) is 16.8. The zero-order valence-corrected chi connectivity index (χ0v) is 31.2. The predicted octanol–water partition coefficient (Wildman–Crippen LogP) is 13.9. The number of hydrogen-bond donors (Lipinski definition) is 0. The zero-order valence-electron chi connectivity index (χ0n) is 31.2. The van der Waals surface area contributed by atoms with Crippen molar-refractivity contribution in [3.63, 3.8) is 0 Å². The van der Waals surface area contributed by atoms with Gasteiger partial charge in [-0.15, -0.1) is 0 Å². The summed E-state index contributed by atoms with van der Waals surface area (Å²) in [4.78, 5) is 0. The second-order valence-electron chi connectivity index (χ2n) is 15.2. The van der Waals surface area contributed by atoms with Crippen LogP contribution in [0.15, 0.2) is 218 Å². The van der Waals surface area contributed by atoms with Crippen LogP contribution in [0, 0.1) is 0 Å². The van der Waals surface area contributed by atoms with Crippen LogP contribution in [0.2, 0.25) is 0 Å². The first-order valence-corrected chi connectivity index (χ1v) is 19.8. The third kappa shape index (κ3) is 4.47. The summed E-state index contributed by atoms with van der Waals surface area (Å²) in [6, 6.07) is 80.5. The third-order valence-corrected chi connectivity index (χ3v) is 12.4. The molecular weight excluding hydrogens is 689 g/mol. The Kier molecular flexibility index (Phi) is 6.88. The van der Waals surface area contributed by atoms with Crippen molar-refractivity contribution in [2.75, 3.05) is 0 Å². The summed E-state index contributed by atoms with van der Waals surface area (Å²) >= 11 is 0. The van der Waals surface area contributed by atoms with Gasteiger partial charge in [0.05, 0.1) is 27.5 Å². The second kappa shape index (κ2) is 12.3. The van der Waals surface area contributed by atoms with E-state index in [-0.39, 0.29) is 0 Å². The van der Waals surface area contributed by atoms with Gasteiger partial charge in [-0.25, -0.2) is 0 Å². The van der Waals surface area contributed by atoms with Gasteiger partial charge in [-0.1, -0.05) is 170 Å². The smallest absolute Gasteiger partial charge is 0.0713 e. The highest BCUT2D eigenvalue weighted by molar-refractivity contribution is 6.19. The molecule has 12 rings (SSSR count). The summed E-state index contributed by atoms with van der Waals surface area (Å²) in [6.07, 6.45) is 0. The molecule has 0 saturated carbocycles. The molecule has 0 radical (unpaired) electrons. The van der Waals surface area contributed by atoms with E-state index in [4.69, 9.17) is 0 Å². The quantitative estimate of drug-likeness (QED) is 0.167. The van der Waals surface area contributed by atoms with Crippen molar-refractivity contribution in [1.82, 2.24) is 9.13 Å². The predicted molar refractivity (Wildman–Crippen MR) is 238 cm³/mol. The maximum absolute atomic E-state index is 2.50. The van der Waals surface area contributed by atoms with Gasteiger partial charge in [0.25, 0.3) is 0 Å². The van der Waals surface area contributed by atoms with E-state index in [9.17, 15) is 0 Å². The molecule has 57 heavy (non-hydrogen) atoms. The highest BCUT2D eigenvalue weighted by Gasteiger charge is 2.47. The van der Waals surface area contributed by atoms with Crippen molar-refractivity contribution in [3.05, 3.63) is 241 Å².